The van der Waals surface area contributed by atoms with Gasteiger partial charge in [-0.2, -0.15) is 0 Å². The molecule has 4 heteroatoms. The molecule has 0 saturated carbocycles. The molecule has 0 fully saturated rings. The summed E-state index contributed by atoms with van der Waals surface area (Å²) in [6, 6.07) is 1.14. The van der Waals surface area contributed by atoms with Crippen LogP contribution in [0.1, 0.15) is 65.2 Å². The number of nitrogens with one attached hydrogen (secondary N) is 2. The highest BCUT2D eigenvalue weighted by molar-refractivity contribution is 4.62. The smallest absolute Gasteiger partial charge is 0.00507 e. The zero-order chi connectivity index (χ0) is 15.1. The van der Waals surface area contributed by atoms with Gasteiger partial charge >= 0.3 is 0 Å². The van der Waals surface area contributed by atoms with E-state index in [2.05, 4.69) is 24.5 Å². The molecule has 0 rings (SSSR count). The molecule has 0 spiro atoms. The summed E-state index contributed by atoms with van der Waals surface area (Å²) in [4.78, 5) is 0. The number of hydrogen-bond acceptors (Lipinski definition) is 4. The topological polar surface area (TPSA) is 76.1 Å². The van der Waals surface area contributed by atoms with Crippen molar-refractivity contribution in [3.63, 3.8) is 0 Å². The Morgan fingerprint density at radius 3 is 1.35 bits per heavy atom. The summed E-state index contributed by atoms with van der Waals surface area (Å²) in [6.07, 6.45) is 10.2. The van der Waals surface area contributed by atoms with Crippen molar-refractivity contribution in [2.45, 2.75) is 77.3 Å². The molecule has 0 aromatic heterocycles. The molecule has 2 atom stereocenters. The highest BCUT2D eigenvalue weighted by Crippen LogP contribution is 2.05. The lowest BCUT2D eigenvalue weighted by molar-refractivity contribution is 0.482. The predicted octanol–water partition coefficient (Wildman–Crippen LogP) is 1.98. The SMILES string of the molecule is C[C@H](CCN)NCCCCCCCCN[C@@H](C)CCN. The Morgan fingerprint density at radius 1 is 0.650 bits per heavy atom. The van der Waals surface area contributed by atoms with Crippen molar-refractivity contribution in [1.82, 2.24) is 10.6 Å². The van der Waals surface area contributed by atoms with E-state index in [1.807, 2.05) is 0 Å². The summed E-state index contributed by atoms with van der Waals surface area (Å²) in [6.45, 7) is 8.27. The van der Waals surface area contributed by atoms with Gasteiger partial charge < -0.3 is 22.1 Å². The minimum absolute atomic E-state index is 0.571. The fourth-order valence-corrected chi connectivity index (χ4v) is 2.36. The van der Waals surface area contributed by atoms with Crippen molar-refractivity contribution in [3.05, 3.63) is 0 Å². The van der Waals surface area contributed by atoms with E-state index in [1.165, 1.54) is 38.5 Å². The summed E-state index contributed by atoms with van der Waals surface area (Å²) in [5.74, 6) is 0. The van der Waals surface area contributed by atoms with Crippen LogP contribution in [0.2, 0.25) is 0 Å². The Bertz CT molecular complexity index is 167. The summed E-state index contributed by atoms with van der Waals surface area (Å²) < 4.78 is 0. The minimum Gasteiger partial charge on any atom is -0.330 e. The van der Waals surface area contributed by atoms with Crippen LogP contribution in [-0.4, -0.2) is 38.3 Å². The van der Waals surface area contributed by atoms with Crippen molar-refractivity contribution in [2.24, 2.45) is 11.5 Å². The minimum atomic E-state index is 0.571. The Kier molecular flexibility index (Phi) is 15.1. The maximum Gasteiger partial charge on any atom is 0.00507 e. The molecule has 0 heterocycles. The molecule has 0 aliphatic carbocycles. The van der Waals surface area contributed by atoms with Gasteiger partial charge in [0.1, 0.15) is 0 Å². The van der Waals surface area contributed by atoms with Crippen molar-refractivity contribution in [3.8, 4) is 0 Å². The number of unbranched alkanes of at least 4 members (excludes halogenated alkanes) is 5. The standard InChI is InChI=1S/C16H38N4/c1-15(9-11-17)19-13-7-5-3-4-6-8-14-20-16(2)10-12-18/h15-16,19-20H,3-14,17-18H2,1-2H3/t15-,16+. The van der Waals surface area contributed by atoms with E-state index < -0.39 is 0 Å². The van der Waals surface area contributed by atoms with Crippen molar-refractivity contribution in [2.75, 3.05) is 26.2 Å². The van der Waals surface area contributed by atoms with Gasteiger partial charge in [0.15, 0.2) is 0 Å². The first-order valence-corrected chi connectivity index (χ1v) is 8.57. The fourth-order valence-electron chi connectivity index (χ4n) is 2.36. The summed E-state index contributed by atoms with van der Waals surface area (Å²) in [7, 11) is 0. The van der Waals surface area contributed by atoms with E-state index in [-0.39, 0.29) is 0 Å². The van der Waals surface area contributed by atoms with Crippen molar-refractivity contribution in [1.29, 1.82) is 0 Å². The van der Waals surface area contributed by atoms with Gasteiger partial charge in [-0.1, -0.05) is 25.7 Å². The van der Waals surface area contributed by atoms with E-state index in [0.29, 0.717) is 12.1 Å². The van der Waals surface area contributed by atoms with Gasteiger partial charge in [0.05, 0.1) is 0 Å². The van der Waals surface area contributed by atoms with E-state index in [4.69, 9.17) is 11.5 Å². The van der Waals surface area contributed by atoms with Crippen molar-refractivity contribution < 1.29 is 0 Å². The maximum atomic E-state index is 5.52. The first kappa shape index (κ1) is 19.8. The molecule has 0 amide bonds. The number of rotatable bonds is 15. The molecule has 0 aromatic rings. The van der Waals surface area contributed by atoms with Crippen LogP contribution in [0, 0.1) is 0 Å². The maximum absolute atomic E-state index is 5.52. The van der Waals surface area contributed by atoms with Gasteiger partial charge in [0.25, 0.3) is 0 Å². The summed E-state index contributed by atoms with van der Waals surface area (Å²) in [5.41, 5.74) is 11.0. The molecule has 6 N–H and O–H groups in total. The lowest BCUT2D eigenvalue weighted by Gasteiger charge is -2.12. The number of nitrogens with two attached hydrogens (primary N) is 2. The van der Waals surface area contributed by atoms with Gasteiger partial charge in [0, 0.05) is 12.1 Å². The van der Waals surface area contributed by atoms with Crippen LogP contribution in [0.4, 0.5) is 0 Å². The van der Waals surface area contributed by atoms with E-state index in [0.717, 1.165) is 39.0 Å². The Balaban J connectivity index is 3.10. The van der Waals surface area contributed by atoms with Crippen LogP contribution in [0.5, 0.6) is 0 Å². The molecule has 0 aromatic carbocycles. The van der Waals surface area contributed by atoms with Gasteiger partial charge in [0.2, 0.25) is 0 Å². The van der Waals surface area contributed by atoms with Crippen LogP contribution < -0.4 is 22.1 Å². The van der Waals surface area contributed by atoms with Crippen LogP contribution >= 0.6 is 0 Å². The lowest BCUT2D eigenvalue weighted by Crippen LogP contribution is -2.29. The molecule has 0 radical (unpaired) electrons. The molecule has 122 valence electrons. The molecule has 0 aliphatic rings. The highest BCUT2D eigenvalue weighted by Gasteiger charge is 1.99. The van der Waals surface area contributed by atoms with Gasteiger partial charge in [-0.3, -0.25) is 0 Å². The van der Waals surface area contributed by atoms with E-state index in [1.54, 1.807) is 0 Å². The first-order valence-electron chi connectivity index (χ1n) is 8.57. The second kappa shape index (κ2) is 15.2. The molecule has 0 saturated heterocycles. The zero-order valence-corrected chi connectivity index (χ0v) is 13.8. The molecular weight excluding hydrogens is 248 g/mol. The van der Waals surface area contributed by atoms with Crippen LogP contribution in [-0.2, 0) is 0 Å². The quantitative estimate of drug-likeness (QED) is 0.347. The normalized spacial score (nSPS) is 14.4. The third-order valence-corrected chi connectivity index (χ3v) is 3.79. The molecular formula is C16H38N4. The van der Waals surface area contributed by atoms with E-state index in [9.17, 15) is 0 Å². The van der Waals surface area contributed by atoms with E-state index >= 15 is 0 Å². The first-order chi connectivity index (χ1) is 9.70. The van der Waals surface area contributed by atoms with Crippen LogP contribution in [0.3, 0.4) is 0 Å². The molecule has 20 heavy (non-hydrogen) atoms. The molecule has 0 bridgehead atoms. The average molecular weight is 287 g/mol. The fraction of sp³-hybridized carbons (Fsp3) is 1.00. The predicted molar refractivity (Wildman–Crippen MR) is 90.0 cm³/mol. The highest BCUT2D eigenvalue weighted by atomic mass is 14.9. The monoisotopic (exact) mass is 286 g/mol. The third-order valence-electron chi connectivity index (χ3n) is 3.79. The largest absolute Gasteiger partial charge is 0.330 e. The molecule has 0 unspecified atom stereocenters. The second-order valence-corrected chi connectivity index (χ2v) is 5.99. The van der Waals surface area contributed by atoms with Crippen LogP contribution in [0.25, 0.3) is 0 Å². The Hall–Kier alpha value is -0.160. The molecule has 0 aliphatic heterocycles. The lowest BCUT2D eigenvalue weighted by atomic mass is 10.1. The number of hydrogen-bond donors (Lipinski definition) is 4. The summed E-state index contributed by atoms with van der Waals surface area (Å²) >= 11 is 0. The van der Waals surface area contributed by atoms with Gasteiger partial charge in [-0.15, -0.1) is 0 Å². The third kappa shape index (κ3) is 14.3. The average Bonchev–Trinajstić information content (AvgIpc) is 2.41. The van der Waals surface area contributed by atoms with Crippen LogP contribution in [0.15, 0.2) is 0 Å². The second-order valence-electron chi connectivity index (χ2n) is 5.99. The Labute approximate surface area is 126 Å². The van der Waals surface area contributed by atoms with Crippen molar-refractivity contribution >= 4 is 0 Å². The zero-order valence-electron chi connectivity index (χ0n) is 13.8. The van der Waals surface area contributed by atoms with Gasteiger partial charge in [-0.05, 0) is 65.7 Å². The Morgan fingerprint density at radius 2 is 1.00 bits per heavy atom. The summed E-state index contributed by atoms with van der Waals surface area (Å²) in [5, 5.41) is 7.04. The van der Waals surface area contributed by atoms with Gasteiger partial charge in [-0.25, -0.2) is 0 Å². The molecule has 4 nitrogen and oxygen atoms in total.